The molecule has 1 aromatic heterocycles. The van der Waals surface area contributed by atoms with E-state index in [4.69, 9.17) is 9.47 Å². The summed E-state index contributed by atoms with van der Waals surface area (Å²) in [7, 11) is 0. The molecule has 0 atom stereocenters. The number of fused-ring (bicyclic) bond motifs is 1. The summed E-state index contributed by atoms with van der Waals surface area (Å²) in [5, 5.41) is 4.31. The molecule has 2 heterocycles. The number of ether oxygens (including phenoxy) is 2. The lowest BCUT2D eigenvalue weighted by atomic mass is 10.1. The average molecular weight is 315 g/mol. The number of carbonyl (C=O) groups is 1. The van der Waals surface area contributed by atoms with Gasteiger partial charge >= 0.3 is 5.97 Å². The third-order valence-corrected chi connectivity index (χ3v) is 3.89. The number of aromatic nitrogens is 2. The summed E-state index contributed by atoms with van der Waals surface area (Å²) in [6.07, 6.45) is 1.81. The zero-order valence-corrected chi connectivity index (χ0v) is 13.5. The molecule has 0 saturated carbocycles. The van der Waals surface area contributed by atoms with Crippen molar-refractivity contribution in [1.82, 2.24) is 9.78 Å². The van der Waals surface area contributed by atoms with Gasteiger partial charge in [0, 0.05) is 12.7 Å². The first-order valence-corrected chi connectivity index (χ1v) is 7.92. The monoisotopic (exact) mass is 315 g/mol. The Morgan fingerprint density at radius 3 is 3.00 bits per heavy atom. The highest BCUT2D eigenvalue weighted by Gasteiger charge is 2.21. The second kappa shape index (κ2) is 6.73. The number of anilines is 1. The lowest BCUT2D eigenvalue weighted by Crippen LogP contribution is -2.33. The van der Waals surface area contributed by atoms with Gasteiger partial charge in [0.2, 0.25) is 0 Å². The van der Waals surface area contributed by atoms with E-state index in [1.165, 1.54) is 0 Å². The van der Waals surface area contributed by atoms with Gasteiger partial charge in [-0.25, -0.2) is 4.79 Å². The highest BCUT2D eigenvalue weighted by atomic mass is 16.5. The highest BCUT2D eigenvalue weighted by Crippen LogP contribution is 2.33. The Balaban J connectivity index is 1.88. The van der Waals surface area contributed by atoms with Crippen LogP contribution in [-0.4, -0.2) is 35.5 Å². The molecular weight excluding hydrogens is 294 g/mol. The summed E-state index contributed by atoms with van der Waals surface area (Å²) < 4.78 is 12.8. The third kappa shape index (κ3) is 3.16. The van der Waals surface area contributed by atoms with Gasteiger partial charge in [-0.1, -0.05) is 0 Å². The first-order chi connectivity index (χ1) is 11.2. The Bertz CT molecular complexity index is 696. The van der Waals surface area contributed by atoms with Gasteiger partial charge in [-0.05, 0) is 38.1 Å². The molecule has 6 heteroatoms. The zero-order valence-electron chi connectivity index (χ0n) is 13.5. The van der Waals surface area contributed by atoms with Crippen molar-refractivity contribution < 1.29 is 14.3 Å². The average Bonchev–Trinajstić information content (AvgIpc) is 3.02. The van der Waals surface area contributed by atoms with Crippen molar-refractivity contribution in [3.8, 4) is 5.75 Å². The van der Waals surface area contributed by atoms with Gasteiger partial charge < -0.3 is 14.4 Å². The summed E-state index contributed by atoms with van der Waals surface area (Å²) in [6, 6.07) is 7.45. The van der Waals surface area contributed by atoms with Crippen LogP contribution in [-0.2, 0) is 17.8 Å². The molecule has 0 unspecified atom stereocenters. The Morgan fingerprint density at radius 2 is 2.22 bits per heavy atom. The van der Waals surface area contributed by atoms with E-state index >= 15 is 0 Å². The van der Waals surface area contributed by atoms with E-state index in [9.17, 15) is 4.79 Å². The molecule has 0 amide bonds. The molecule has 0 N–H and O–H groups in total. The number of esters is 1. The molecule has 0 saturated heterocycles. The lowest BCUT2D eigenvalue weighted by molar-refractivity contribution is 0.0526. The van der Waals surface area contributed by atoms with E-state index in [1.807, 2.05) is 29.1 Å². The molecule has 122 valence electrons. The van der Waals surface area contributed by atoms with Crippen LogP contribution in [0.3, 0.4) is 0 Å². The number of rotatable bonds is 5. The fourth-order valence-corrected chi connectivity index (χ4v) is 2.75. The van der Waals surface area contributed by atoms with Crippen LogP contribution < -0.4 is 9.64 Å². The number of carbonyl (C=O) groups excluding carboxylic acids is 1. The van der Waals surface area contributed by atoms with Crippen molar-refractivity contribution in [2.24, 2.45) is 0 Å². The van der Waals surface area contributed by atoms with Crippen molar-refractivity contribution in [2.75, 3.05) is 24.7 Å². The van der Waals surface area contributed by atoms with Gasteiger partial charge in [0.15, 0.2) is 0 Å². The molecule has 0 spiro atoms. The maximum atomic E-state index is 12.0. The lowest BCUT2D eigenvalue weighted by Gasteiger charge is -2.31. The third-order valence-electron chi connectivity index (χ3n) is 3.89. The number of hydrogen-bond acceptors (Lipinski definition) is 5. The summed E-state index contributed by atoms with van der Waals surface area (Å²) in [4.78, 5) is 14.2. The van der Waals surface area contributed by atoms with Crippen LogP contribution in [0.5, 0.6) is 5.75 Å². The molecule has 2 aromatic rings. The van der Waals surface area contributed by atoms with Crippen LogP contribution in [0.1, 0.15) is 29.9 Å². The number of benzene rings is 1. The minimum absolute atomic E-state index is 0.306. The van der Waals surface area contributed by atoms with Crippen molar-refractivity contribution in [2.45, 2.75) is 26.9 Å². The smallest absolute Gasteiger partial charge is 0.338 e. The number of aryl methyl sites for hydroxylation is 1. The van der Waals surface area contributed by atoms with Crippen LogP contribution in [0.2, 0.25) is 0 Å². The van der Waals surface area contributed by atoms with Crippen molar-refractivity contribution >= 4 is 11.7 Å². The molecule has 1 aliphatic rings. The van der Waals surface area contributed by atoms with Gasteiger partial charge in [-0.3, -0.25) is 4.68 Å². The van der Waals surface area contributed by atoms with Crippen molar-refractivity contribution in [1.29, 1.82) is 0 Å². The SMILES string of the molecule is CCOC(=O)c1ccc2c(c1)N(Cc1ccnn1CC)CCO2. The molecule has 6 nitrogen and oxygen atoms in total. The molecule has 23 heavy (non-hydrogen) atoms. The van der Waals surface area contributed by atoms with Crippen LogP contribution in [0, 0.1) is 0 Å². The van der Waals surface area contributed by atoms with Gasteiger partial charge in [-0.15, -0.1) is 0 Å². The predicted molar refractivity (Wildman–Crippen MR) is 86.8 cm³/mol. The molecule has 1 aromatic carbocycles. The Labute approximate surface area is 135 Å². The largest absolute Gasteiger partial charge is 0.490 e. The van der Waals surface area contributed by atoms with Crippen LogP contribution in [0.4, 0.5) is 5.69 Å². The Kier molecular flexibility index (Phi) is 4.50. The molecule has 0 fully saturated rings. The topological polar surface area (TPSA) is 56.6 Å². The van der Waals surface area contributed by atoms with Crippen molar-refractivity contribution in [3.63, 3.8) is 0 Å². The Hall–Kier alpha value is -2.50. The van der Waals surface area contributed by atoms with E-state index in [1.54, 1.807) is 13.0 Å². The maximum absolute atomic E-state index is 12.0. The van der Waals surface area contributed by atoms with Crippen LogP contribution in [0.25, 0.3) is 0 Å². The summed E-state index contributed by atoms with van der Waals surface area (Å²) in [5.41, 5.74) is 2.61. The first kappa shape index (κ1) is 15.4. The highest BCUT2D eigenvalue weighted by molar-refractivity contribution is 5.91. The molecule has 3 rings (SSSR count). The summed E-state index contributed by atoms with van der Waals surface area (Å²) >= 11 is 0. The van der Waals surface area contributed by atoms with E-state index in [0.29, 0.717) is 18.8 Å². The molecule has 0 aliphatic carbocycles. The van der Waals surface area contributed by atoms with Gasteiger partial charge in [-0.2, -0.15) is 5.10 Å². The van der Waals surface area contributed by atoms with Crippen molar-refractivity contribution in [3.05, 3.63) is 41.7 Å². The van der Waals surface area contributed by atoms with Gasteiger partial charge in [0.1, 0.15) is 12.4 Å². The standard InChI is InChI=1S/C17H21N3O3/c1-3-20-14(7-8-18-20)12-19-9-10-23-16-6-5-13(11-15(16)19)17(21)22-4-2/h5-8,11H,3-4,9-10,12H2,1-2H3. The second-order valence-electron chi connectivity index (χ2n) is 5.31. The fraction of sp³-hybridized carbons (Fsp3) is 0.412. The molecule has 1 aliphatic heterocycles. The first-order valence-electron chi connectivity index (χ1n) is 7.92. The predicted octanol–water partition coefficient (Wildman–Crippen LogP) is 2.48. The van der Waals surface area contributed by atoms with Crippen LogP contribution >= 0.6 is 0 Å². The maximum Gasteiger partial charge on any atom is 0.338 e. The van der Waals surface area contributed by atoms with Crippen LogP contribution in [0.15, 0.2) is 30.5 Å². The fourth-order valence-electron chi connectivity index (χ4n) is 2.75. The molecule has 0 radical (unpaired) electrons. The van der Waals surface area contributed by atoms with Gasteiger partial charge in [0.05, 0.1) is 36.6 Å². The second-order valence-corrected chi connectivity index (χ2v) is 5.31. The van der Waals surface area contributed by atoms with E-state index in [0.717, 1.165) is 36.8 Å². The number of nitrogens with zero attached hydrogens (tertiary/aromatic N) is 3. The Morgan fingerprint density at radius 1 is 1.35 bits per heavy atom. The quantitative estimate of drug-likeness (QED) is 0.793. The summed E-state index contributed by atoms with van der Waals surface area (Å²) in [6.45, 7) is 7.21. The summed E-state index contributed by atoms with van der Waals surface area (Å²) in [5.74, 6) is 0.492. The minimum atomic E-state index is -0.306. The van der Waals surface area contributed by atoms with Gasteiger partial charge in [0.25, 0.3) is 0 Å². The van der Waals surface area contributed by atoms with E-state index in [2.05, 4.69) is 16.9 Å². The minimum Gasteiger partial charge on any atom is -0.490 e. The normalized spacial score (nSPS) is 13.4. The molecule has 0 bridgehead atoms. The van der Waals surface area contributed by atoms with E-state index < -0.39 is 0 Å². The van der Waals surface area contributed by atoms with E-state index in [-0.39, 0.29) is 5.97 Å². The molecular formula is C17H21N3O3. The zero-order chi connectivity index (χ0) is 16.2. The number of hydrogen-bond donors (Lipinski definition) is 0.